The molecule has 0 N–H and O–H groups in total. The second-order valence-corrected chi connectivity index (χ2v) is 6.75. The molecule has 1 heterocycles. The summed E-state index contributed by atoms with van der Waals surface area (Å²) in [5.74, 6) is 1.52. The highest BCUT2D eigenvalue weighted by molar-refractivity contribution is 5.81. The summed E-state index contributed by atoms with van der Waals surface area (Å²) < 4.78 is 5.72. The van der Waals surface area contributed by atoms with Crippen molar-refractivity contribution >= 4 is 11.9 Å². The number of allylic oxidation sites excluding steroid dienone is 3. The molecule has 0 saturated carbocycles. The highest BCUT2D eigenvalue weighted by Crippen LogP contribution is 2.25. The normalized spacial score (nSPS) is 26.4. The Morgan fingerprint density at radius 3 is 2.55 bits per heavy atom. The van der Waals surface area contributed by atoms with Crippen LogP contribution in [0.5, 0.6) is 0 Å². The van der Waals surface area contributed by atoms with Crippen molar-refractivity contribution in [2.45, 2.75) is 66.2 Å². The zero-order chi connectivity index (χ0) is 16.1. The van der Waals surface area contributed by atoms with Crippen molar-refractivity contribution in [3.05, 3.63) is 40.4 Å². The van der Waals surface area contributed by atoms with Gasteiger partial charge in [-0.25, -0.2) is 0 Å². The Labute approximate surface area is 134 Å². The van der Waals surface area contributed by atoms with E-state index in [1.165, 1.54) is 22.3 Å². The molecule has 0 spiro atoms. The van der Waals surface area contributed by atoms with Gasteiger partial charge in [-0.3, -0.25) is 4.79 Å². The van der Waals surface area contributed by atoms with E-state index in [0.717, 1.165) is 37.9 Å². The van der Waals surface area contributed by atoms with Gasteiger partial charge < -0.3 is 4.42 Å². The van der Waals surface area contributed by atoms with Gasteiger partial charge in [0, 0.05) is 17.9 Å². The number of carbonyl (C=O) groups excluding carboxylic acids is 1. The lowest BCUT2D eigenvalue weighted by atomic mass is 9.93. The molecule has 1 aliphatic carbocycles. The van der Waals surface area contributed by atoms with E-state index in [0.29, 0.717) is 12.2 Å². The first-order chi connectivity index (χ1) is 10.5. The van der Waals surface area contributed by atoms with Crippen molar-refractivity contribution in [3.63, 3.8) is 0 Å². The molecule has 2 rings (SSSR count). The highest BCUT2D eigenvalue weighted by atomic mass is 16.3. The van der Waals surface area contributed by atoms with Crippen molar-refractivity contribution in [3.8, 4) is 0 Å². The minimum absolute atomic E-state index is 0.168. The monoisotopic (exact) mass is 300 g/mol. The third-order valence-corrected chi connectivity index (χ3v) is 4.69. The molecule has 22 heavy (non-hydrogen) atoms. The Kier molecular flexibility index (Phi) is 5.82. The van der Waals surface area contributed by atoms with Crippen LogP contribution < -0.4 is 0 Å². The fourth-order valence-corrected chi connectivity index (χ4v) is 2.96. The number of hydrogen-bond donors (Lipinski definition) is 0. The van der Waals surface area contributed by atoms with Crippen LogP contribution in [0.2, 0.25) is 0 Å². The Hall–Kier alpha value is -1.57. The van der Waals surface area contributed by atoms with Gasteiger partial charge in [-0.05, 0) is 64.5 Å². The first-order valence-corrected chi connectivity index (χ1v) is 8.40. The van der Waals surface area contributed by atoms with Crippen LogP contribution >= 0.6 is 0 Å². The van der Waals surface area contributed by atoms with E-state index in [9.17, 15) is 4.79 Å². The molecule has 0 aliphatic heterocycles. The molecule has 0 saturated heterocycles. The summed E-state index contributed by atoms with van der Waals surface area (Å²) >= 11 is 0. The largest absolute Gasteiger partial charge is 0.464 e. The number of furan rings is 1. The van der Waals surface area contributed by atoms with E-state index in [1.807, 2.05) is 6.26 Å². The van der Waals surface area contributed by atoms with Crippen molar-refractivity contribution in [2.24, 2.45) is 5.92 Å². The molecule has 0 bridgehead atoms. The van der Waals surface area contributed by atoms with E-state index in [-0.39, 0.29) is 5.92 Å². The first kappa shape index (κ1) is 16.8. The van der Waals surface area contributed by atoms with Crippen molar-refractivity contribution < 1.29 is 9.21 Å². The third kappa shape index (κ3) is 4.46. The zero-order valence-corrected chi connectivity index (χ0v) is 14.4. The molecule has 0 amide bonds. The lowest BCUT2D eigenvalue weighted by Crippen LogP contribution is -2.10. The van der Waals surface area contributed by atoms with E-state index < -0.39 is 0 Å². The van der Waals surface area contributed by atoms with Gasteiger partial charge in [0.2, 0.25) is 0 Å². The highest BCUT2D eigenvalue weighted by Gasteiger charge is 2.14. The van der Waals surface area contributed by atoms with Gasteiger partial charge in [-0.1, -0.05) is 24.1 Å². The number of ketones is 1. The zero-order valence-electron chi connectivity index (χ0n) is 14.4. The quantitative estimate of drug-likeness (QED) is 0.580. The second-order valence-electron chi connectivity index (χ2n) is 6.75. The smallest absolute Gasteiger partial charge is 0.136 e. The van der Waals surface area contributed by atoms with Gasteiger partial charge in [-0.2, -0.15) is 0 Å². The fraction of sp³-hybridized carbons (Fsp3) is 0.550. The predicted molar refractivity (Wildman–Crippen MR) is 91.8 cm³/mol. The van der Waals surface area contributed by atoms with Gasteiger partial charge >= 0.3 is 0 Å². The van der Waals surface area contributed by atoms with Gasteiger partial charge in [0.15, 0.2) is 0 Å². The molecule has 1 aromatic rings. The Bertz CT molecular complexity index is 587. The lowest BCUT2D eigenvalue weighted by Gasteiger charge is -2.11. The van der Waals surface area contributed by atoms with Crippen LogP contribution in [-0.4, -0.2) is 5.78 Å². The molecular formula is C20H28O2. The summed E-state index contributed by atoms with van der Waals surface area (Å²) in [7, 11) is 0. The van der Waals surface area contributed by atoms with Crippen LogP contribution in [-0.2, 0) is 11.2 Å². The van der Waals surface area contributed by atoms with E-state index >= 15 is 0 Å². The molecule has 0 aromatic carbocycles. The molecule has 1 atom stereocenters. The molecule has 0 fully saturated rings. The lowest BCUT2D eigenvalue weighted by molar-refractivity contribution is -0.122. The summed E-state index contributed by atoms with van der Waals surface area (Å²) in [6, 6.07) is 0. The Morgan fingerprint density at radius 2 is 1.77 bits per heavy atom. The maximum absolute atomic E-state index is 12.2. The Balaban J connectivity index is 2.26. The fourth-order valence-electron chi connectivity index (χ4n) is 2.96. The van der Waals surface area contributed by atoms with Crippen molar-refractivity contribution in [2.75, 3.05) is 0 Å². The van der Waals surface area contributed by atoms with Gasteiger partial charge in [0.25, 0.3) is 0 Å². The number of rotatable bonds is 0. The number of Topliss-reactive ketones (excluding diaryl/α,β-unsaturated/α-hetero) is 1. The molecule has 1 aliphatic rings. The predicted octanol–water partition coefficient (Wildman–Crippen LogP) is 5.65. The maximum atomic E-state index is 12.2. The van der Waals surface area contributed by atoms with Gasteiger partial charge in [0.05, 0.1) is 6.26 Å². The molecule has 120 valence electrons. The molecule has 0 radical (unpaired) electrons. The van der Waals surface area contributed by atoms with Crippen LogP contribution in [0.1, 0.15) is 69.8 Å². The van der Waals surface area contributed by atoms with Crippen LogP contribution in [0.3, 0.4) is 0 Å². The number of aryl methyl sites for hydroxylation is 1. The second kappa shape index (κ2) is 7.62. The number of fused-ring (bicyclic) bond motifs is 1. The van der Waals surface area contributed by atoms with Gasteiger partial charge in [0.1, 0.15) is 11.5 Å². The molecule has 2 heteroatoms. The number of carbonyl (C=O) groups is 1. The average molecular weight is 300 g/mol. The molecule has 2 nitrogen and oxygen atoms in total. The minimum Gasteiger partial charge on any atom is -0.464 e. The maximum Gasteiger partial charge on any atom is 0.136 e. The molecule has 0 unspecified atom stereocenters. The first-order valence-electron chi connectivity index (χ1n) is 8.40. The van der Waals surface area contributed by atoms with Crippen molar-refractivity contribution in [1.82, 2.24) is 0 Å². The van der Waals surface area contributed by atoms with Crippen LogP contribution in [0.25, 0.3) is 6.08 Å². The summed E-state index contributed by atoms with van der Waals surface area (Å²) in [5, 5.41) is 0. The summed E-state index contributed by atoms with van der Waals surface area (Å²) in [5.41, 5.74) is 5.16. The van der Waals surface area contributed by atoms with Crippen molar-refractivity contribution in [1.29, 1.82) is 0 Å². The minimum atomic E-state index is 0.168. The van der Waals surface area contributed by atoms with Crippen LogP contribution in [0, 0.1) is 12.8 Å². The number of hydrogen-bond acceptors (Lipinski definition) is 2. The Morgan fingerprint density at radius 1 is 1.05 bits per heavy atom. The molecule has 1 aromatic heterocycles. The van der Waals surface area contributed by atoms with E-state index in [2.05, 4.69) is 39.8 Å². The SMILES string of the molecule is C/C1=C\c2occ(C)c2CC/C(C)=C/CC[C@H](C)C(=O)CC1. The molecular weight excluding hydrogens is 272 g/mol. The van der Waals surface area contributed by atoms with Crippen LogP contribution in [0.4, 0.5) is 0 Å². The third-order valence-electron chi connectivity index (χ3n) is 4.69. The van der Waals surface area contributed by atoms with E-state index in [1.54, 1.807) is 0 Å². The standard InChI is InChI=1S/C20H28O2/c1-14-6-5-7-16(3)19(21)11-9-15(2)12-20-18(10-8-14)17(4)13-22-20/h6,12-13,16H,5,7-11H2,1-4H3/b14-6+,15-12+/t16-/m0/s1. The summed E-state index contributed by atoms with van der Waals surface area (Å²) in [6.07, 6.45) is 11.8. The summed E-state index contributed by atoms with van der Waals surface area (Å²) in [4.78, 5) is 12.2. The average Bonchev–Trinajstić information content (AvgIpc) is 2.82. The van der Waals surface area contributed by atoms with Gasteiger partial charge in [-0.15, -0.1) is 0 Å². The topological polar surface area (TPSA) is 30.2 Å². The van der Waals surface area contributed by atoms with Crippen LogP contribution in [0.15, 0.2) is 27.9 Å². The summed E-state index contributed by atoms with van der Waals surface area (Å²) in [6.45, 7) is 8.45. The van der Waals surface area contributed by atoms with E-state index in [4.69, 9.17) is 4.42 Å².